The highest BCUT2D eigenvalue weighted by Gasteiger charge is 2.08. The Kier molecular flexibility index (Phi) is 3.18. The lowest BCUT2D eigenvalue weighted by molar-refractivity contribution is -0.138. The van der Waals surface area contributed by atoms with Crippen LogP contribution in [0.3, 0.4) is 0 Å². The van der Waals surface area contributed by atoms with Gasteiger partial charge < -0.3 is 5.11 Å². The lowest BCUT2D eigenvalue weighted by Crippen LogP contribution is -2.32. The highest BCUT2D eigenvalue weighted by molar-refractivity contribution is 7.70. The molecular formula is C3H7NO4S. The van der Waals surface area contributed by atoms with E-state index < -0.39 is 22.9 Å². The molecule has 0 spiro atoms. The van der Waals surface area contributed by atoms with E-state index in [-0.39, 0.29) is 0 Å². The first kappa shape index (κ1) is 8.38. The van der Waals surface area contributed by atoms with Crippen LogP contribution in [0.15, 0.2) is 0 Å². The van der Waals surface area contributed by atoms with Crippen LogP contribution in [0.25, 0.3) is 0 Å². The number of nitrogens with one attached hydrogen (secondary N) is 1. The molecule has 5 nitrogen and oxygen atoms in total. The molecule has 0 bridgehead atoms. The maximum absolute atomic E-state index is 9.90. The predicted octanol–water partition coefficient (Wildman–Crippen LogP) is -1.42. The molecule has 0 heterocycles. The standard InChI is InChI=1S/C3H7NO4S/c1-2(3(5)6)4-9(7)8/h2,9H,1H3,(H,5,6)(H,4,7,8)/t2-/m1/s1. The number of carboxylic acids is 1. The Morgan fingerprint density at radius 2 is 2.11 bits per heavy atom. The van der Waals surface area contributed by atoms with Crippen LogP contribution in [0, 0.1) is 0 Å². The number of hydrogen-bond acceptors (Lipinski definition) is 3. The van der Waals surface area contributed by atoms with E-state index in [1.165, 1.54) is 6.92 Å². The minimum absolute atomic E-state index is 1.04. The molecule has 2 N–H and O–H groups in total. The first-order valence-corrected chi connectivity index (χ1v) is 3.35. The van der Waals surface area contributed by atoms with Crippen LogP contribution >= 0.6 is 0 Å². The second kappa shape index (κ2) is 3.41. The van der Waals surface area contributed by atoms with Gasteiger partial charge in [0.1, 0.15) is 6.04 Å². The van der Waals surface area contributed by atoms with Gasteiger partial charge in [-0.05, 0) is 6.92 Å². The maximum atomic E-state index is 9.90. The summed E-state index contributed by atoms with van der Waals surface area (Å²) in [6.07, 6.45) is 0. The Hall–Kier alpha value is -0.620. The van der Waals surface area contributed by atoms with Crippen molar-refractivity contribution in [2.45, 2.75) is 13.0 Å². The lowest BCUT2D eigenvalue weighted by Gasteiger charge is -1.99. The van der Waals surface area contributed by atoms with Crippen molar-refractivity contribution in [3.63, 3.8) is 0 Å². The fraction of sp³-hybridized carbons (Fsp3) is 0.667. The summed E-state index contributed by atoms with van der Waals surface area (Å²) in [6, 6.07) is -1.04. The number of thiol groups is 1. The van der Waals surface area contributed by atoms with Crippen molar-refractivity contribution in [1.29, 1.82) is 0 Å². The Morgan fingerprint density at radius 3 is 2.22 bits per heavy atom. The smallest absolute Gasteiger partial charge is 0.321 e. The maximum Gasteiger partial charge on any atom is 0.321 e. The van der Waals surface area contributed by atoms with Gasteiger partial charge in [-0.2, -0.15) is 0 Å². The van der Waals surface area contributed by atoms with Gasteiger partial charge in [0, 0.05) is 0 Å². The lowest BCUT2D eigenvalue weighted by atomic mass is 10.4. The van der Waals surface area contributed by atoms with Gasteiger partial charge in [0.15, 0.2) is 0 Å². The van der Waals surface area contributed by atoms with Crippen LogP contribution in [-0.4, -0.2) is 25.5 Å². The highest BCUT2D eigenvalue weighted by atomic mass is 32.2. The fourth-order valence-electron chi connectivity index (χ4n) is 0.213. The summed E-state index contributed by atoms with van der Waals surface area (Å²) in [6.45, 7) is 1.24. The molecule has 0 saturated heterocycles. The summed E-state index contributed by atoms with van der Waals surface area (Å²) in [5.74, 6) is -1.19. The molecule has 0 amide bonds. The van der Waals surface area contributed by atoms with Crippen LogP contribution in [-0.2, 0) is 15.7 Å². The Labute approximate surface area is 53.8 Å². The van der Waals surface area contributed by atoms with Crippen LogP contribution in [0.2, 0.25) is 0 Å². The van der Waals surface area contributed by atoms with Gasteiger partial charge in [-0.25, -0.2) is 13.1 Å². The van der Waals surface area contributed by atoms with Crippen molar-refractivity contribution in [3.8, 4) is 0 Å². The van der Waals surface area contributed by atoms with Crippen molar-refractivity contribution >= 4 is 16.9 Å². The summed E-state index contributed by atoms with van der Waals surface area (Å²) in [5, 5.41) is 8.10. The first-order chi connectivity index (χ1) is 4.04. The molecule has 0 fully saturated rings. The zero-order chi connectivity index (χ0) is 7.44. The van der Waals surface area contributed by atoms with Crippen molar-refractivity contribution in [3.05, 3.63) is 0 Å². The van der Waals surface area contributed by atoms with Gasteiger partial charge in [0.25, 0.3) is 0 Å². The summed E-state index contributed by atoms with van der Waals surface area (Å²) >= 11 is 0. The third-order valence-electron chi connectivity index (χ3n) is 0.669. The third-order valence-corrected chi connectivity index (χ3v) is 1.27. The monoisotopic (exact) mass is 153 g/mol. The Bertz CT molecular complexity index is 167. The predicted molar refractivity (Wildman–Crippen MR) is 30.5 cm³/mol. The van der Waals surface area contributed by atoms with Crippen molar-refractivity contribution in [1.82, 2.24) is 4.72 Å². The summed E-state index contributed by atoms with van der Waals surface area (Å²) in [5.41, 5.74) is 0. The summed E-state index contributed by atoms with van der Waals surface area (Å²) in [7, 11) is -2.80. The van der Waals surface area contributed by atoms with Crippen LogP contribution < -0.4 is 4.72 Å². The van der Waals surface area contributed by atoms with Gasteiger partial charge in [-0.3, -0.25) is 4.79 Å². The van der Waals surface area contributed by atoms with E-state index in [0.29, 0.717) is 0 Å². The zero-order valence-electron chi connectivity index (χ0n) is 4.70. The molecule has 0 unspecified atom stereocenters. The van der Waals surface area contributed by atoms with Crippen LogP contribution in [0.4, 0.5) is 0 Å². The SMILES string of the molecule is C[C@@H](N[SH](=O)=O)C(=O)O. The number of aliphatic carboxylic acids is 1. The zero-order valence-corrected chi connectivity index (χ0v) is 5.59. The third kappa shape index (κ3) is 3.92. The molecule has 6 heteroatoms. The molecule has 1 atom stereocenters. The molecule has 0 saturated carbocycles. The summed E-state index contributed by atoms with van der Waals surface area (Å²) in [4.78, 5) is 9.90. The fourth-order valence-corrected chi connectivity index (χ4v) is 0.640. The van der Waals surface area contributed by atoms with Crippen molar-refractivity contribution in [2.75, 3.05) is 0 Å². The van der Waals surface area contributed by atoms with Gasteiger partial charge >= 0.3 is 5.97 Å². The topological polar surface area (TPSA) is 83.5 Å². The highest BCUT2D eigenvalue weighted by Crippen LogP contribution is 1.77. The average Bonchev–Trinajstić information content (AvgIpc) is 1.63. The molecule has 0 aliphatic rings. The molecular weight excluding hydrogens is 146 g/mol. The van der Waals surface area contributed by atoms with Crippen molar-refractivity contribution in [2.24, 2.45) is 0 Å². The summed E-state index contributed by atoms with van der Waals surface area (Å²) < 4.78 is 21.3. The van der Waals surface area contributed by atoms with E-state index in [4.69, 9.17) is 5.11 Å². The molecule has 9 heavy (non-hydrogen) atoms. The van der Waals surface area contributed by atoms with Crippen LogP contribution in [0.5, 0.6) is 0 Å². The van der Waals surface area contributed by atoms with Gasteiger partial charge in [-0.1, -0.05) is 0 Å². The quantitative estimate of drug-likeness (QED) is 0.434. The minimum Gasteiger partial charge on any atom is -0.480 e. The molecule has 0 aromatic rings. The molecule has 0 radical (unpaired) electrons. The van der Waals surface area contributed by atoms with Gasteiger partial charge in [0.05, 0.1) is 0 Å². The molecule has 0 aromatic carbocycles. The molecule has 54 valence electrons. The number of rotatable bonds is 3. The minimum atomic E-state index is -2.80. The van der Waals surface area contributed by atoms with Gasteiger partial charge in [0.2, 0.25) is 10.9 Å². The second-order valence-electron chi connectivity index (χ2n) is 1.45. The molecule has 0 aliphatic heterocycles. The van der Waals surface area contributed by atoms with Crippen LogP contribution in [0.1, 0.15) is 6.92 Å². The molecule has 0 aromatic heterocycles. The van der Waals surface area contributed by atoms with Crippen molar-refractivity contribution < 1.29 is 18.3 Å². The van der Waals surface area contributed by atoms with E-state index in [2.05, 4.69) is 0 Å². The van der Waals surface area contributed by atoms with E-state index in [0.717, 1.165) is 0 Å². The van der Waals surface area contributed by atoms with E-state index in [1.54, 1.807) is 4.72 Å². The first-order valence-electron chi connectivity index (χ1n) is 2.17. The largest absolute Gasteiger partial charge is 0.480 e. The van der Waals surface area contributed by atoms with Gasteiger partial charge in [-0.15, -0.1) is 0 Å². The number of hydrogen-bond donors (Lipinski definition) is 3. The van der Waals surface area contributed by atoms with E-state index in [1.807, 2.05) is 0 Å². The van der Waals surface area contributed by atoms with E-state index in [9.17, 15) is 13.2 Å². The Morgan fingerprint density at radius 1 is 1.67 bits per heavy atom. The Balaban J connectivity index is 3.77. The number of carboxylic acid groups (broad SMARTS) is 1. The number of carbonyl (C=O) groups is 1. The van der Waals surface area contributed by atoms with E-state index >= 15 is 0 Å². The average molecular weight is 153 g/mol. The molecule has 0 aliphatic carbocycles. The molecule has 0 rings (SSSR count). The normalized spacial score (nSPS) is 13.6. The second-order valence-corrected chi connectivity index (χ2v) is 2.22.